The van der Waals surface area contributed by atoms with Crippen molar-refractivity contribution in [1.29, 1.82) is 0 Å². The van der Waals surface area contributed by atoms with Crippen LogP contribution in [0.25, 0.3) is 11.1 Å². The number of aromatic nitrogens is 1. The number of benzene rings is 2. The molecule has 0 spiro atoms. The molecule has 1 unspecified atom stereocenters. The molecule has 1 fully saturated rings. The lowest BCUT2D eigenvalue weighted by atomic mass is 10.1. The number of hydrogen-bond donors (Lipinski definition) is 3. The van der Waals surface area contributed by atoms with E-state index in [4.69, 9.17) is 5.11 Å². The van der Waals surface area contributed by atoms with E-state index in [-0.39, 0.29) is 23.6 Å². The first-order valence-electron chi connectivity index (χ1n) is 11.1. The van der Waals surface area contributed by atoms with Crippen molar-refractivity contribution in [1.82, 2.24) is 9.88 Å². The van der Waals surface area contributed by atoms with Crippen molar-refractivity contribution in [2.24, 2.45) is 0 Å². The second-order valence-electron chi connectivity index (χ2n) is 8.28. The zero-order valence-electron chi connectivity index (χ0n) is 19.1. The summed E-state index contributed by atoms with van der Waals surface area (Å²) in [6, 6.07) is 9.18. The lowest BCUT2D eigenvalue weighted by Gasteiger charge is -2.24. The predicted octanol–water partition coefficient (Wildman–Crippen LogP) is 5.24. The molecule has 37 heavy (non-hydrogen) atoms. The third kappa shape index (κ3) is 5.85. The topological polar surface area (TPSA) is 112 Å². The van der Waals surface area contributed by atoms with Gasteiger partial charge < -0.3 is 20.6 Å². The van der Waals surface area contributed by atoms with Gasteiger partial charge in [-0.1, -0.05) is 12.1 Å². The molecule has 192 valence electrons. The van der Waals surface area contributed by atoms with Crippen LogP contribution < -0.4 is 10.6 Å². The number of halogens is 4. The van der Waals surface area contributed by atoms with E-state index >= 15 is 0 Å². The van der Waals surface area contributed by atoms with Crippen molar-refractivity contribution in [3.05, 3.63) is 77.7 Å². The van der Waals surface area contributed by atoms with Gasteiger partial charge in [0.1, 0.15) is 6.04 Å². The van der Waals surface area contributed by atoms with Gasteiger partial charge in [0.25, 0.3) is 0 Å². The maximum Gasteiger partial charge on any atom is 0.416 e. The van der Waals surface area contributed by atoms with Gasteiger partial charge in [0, 0.05) is 24.0 Å². The van der Waals surface area contributed by atoms with Crippen LogP contribution in [0.5, 0.6) is 0 Å². The number of carbonyl (C=O) groups excluding carboxylic acids is 2. The van der Waals surface area contributed by atoms with Crippen molar-refractivity contribution < 1.29 is 37.1 Å². The number of carbonyl (C=O) groups is 3. The number of nitrogens with one attached hydrogen (secondary N) is 2. The van der Waals surface area contributed by atoms with Crippen molar-refractivity contribution >= 4 is 29.4 Å². The van der Waals surface area contributed by atoms with Crippen molar-refractivity contribution in [3.63, 3.8) is 0 Å². The average Bonchev–Trinajstić information content (AvgIpc) is 3.35. The maximum atomic E-state index is 14.7. The Morgan fingerprint density at radius 1 is 0.973 bits per heavy atom. The zero-order valence-corrected chi connectivity index (χ0v) is 19.1. The van der Waals surface area contributed by atoms with Crippen LogP contribution in [0.4, 0.5) is 33.9 Å². The minimum atomic E-state index is -4.51. The Morgan fingerprint density at radius 2 is 1.65 bits per heavy atom. The molecule has 3 aromatic rings. The number of alkyl halides is 3. The monoisotopic (exact) mass is 516 g/mol. The number of anilines is 2. The SMILES string of the molecule is O=C(O)c1ccc(-c2cnc(NC(=O)C3CCCN3C(=O)Nc3ccc(C(F)(F)F)cc3)c(F)c2)cc1. The van der Waals surface area contributed by atoms with Gasteiger partial charge in [-0.2, -0.15) is 13.2 Å². The van der Waals surface area contributed by atoms with Gasteiger partial charge in [-0.15, -0.1) is 0 Å². The summed E-state index contributed by atoms with van der Waals surface area (Å²) >= 11 is 0. The van der Waals surface area contributed by atoms with Gasteiger partial charge in [-0.25, -0.2) is 19.0 Å². The van der Waals surface area contributed by atoms with Crippen molar-refractivity contribution in [2.45, 2.75) is 25.1 Å². The number of aromatic carboxylic acids is 1. The number of pyridine rings is 1. The standard InChI is InChI=1S/C25H20F4N4O4/c26-19-12-16(14-3-5-15(6-4-14)23(35)36)13-30-21(19)32-22(34)20-2-1-11-33(20)24(37)31-18-9-7-17(8-10-18)25(27,28)29/h3-10,12-13,20H,1-2,11H2,(H,31,37)(H,35,36)(H,30,32,34). The van der Waals surface area contributed by atoms with Crippen LogP contribution in [0.3, 0.4) is 0 Å². The number of likely N-dealkylation sites (tertiary alicyclic amines) is 1. The number of carboxylic acids is 1. The normalized spacial score (nSPS) is 15.4. The minimum absolute atomic E-state index is 0.0736. The molecule has 1 aromatic heterocycles. The fourth-order valence-corrected chi connectivity index (χ4v) is 3.91. The highest BCUT2D eigenvalue weighted by Crippen LogP contribution is 2.30. The van der Waals surface area contributed by atoms with Crippen LogP contribution in [0, 0.1) is 5.82 Å². The van der Waals surface area contributed by atoms with E-state index in [1.165, 1.54) is 35.4 Å². The number of hydrogen-bond acceptors (Lipinski definition) is 4. The first-order valence-corrected chi connectivity index (χ1v) is 11.1. The van der Waals surface area contributed by atoms with E-state index in [1.54, 1.807) is 0 Å². The van der Waals surface area contributed by atoms with Gasteiger partial charge in [0.05, 0.1) is 11.1 Å². The van der Waals surface area contributed by atoms with Gasteiger partial charge >= 0.3 is 18.2 Å². The Labute approximate surface area is 207 Å². The number of amides is 3. The molecule has 12 heteroatoms. The van der Waals surface area contributed by atoms with Gasteiger partial charge in [-0.05, 0) is 60.9 Å². The largest absolute Gasteiger partial charge is 0.478 e. The first kappa shape index (κ1) is 25.6. The van der Waals surface area contributed by atoms with Crippen molar-refractivity contribution in [2.75, 3.05) is 17.2 Å². The first-order chi connectivity index (χ1) is 17.5. The van der Waals surface area contributed by atoms with Crippen LogP contribution in [-0.4, -0.2) is 45.5 Å². The van der Waals surface area contributed by atoms with E-state index in [2.05, 4.69) is 15.6 Å². The fourth-order valence-electron chi connectivity index (χ4n) is 3.91. The number of rotatable bonds is 5. The lowest BCUT2D eigenvalue weighted by molar-refractivity contribution is -0.137. The molecule has 1 saturated heterocycles. The molecule has 2 aromatic carbocycles. The smallest absolute Gasteiger partial charge is 0.416 e. The summed E-state index contributed by atoms with van der Waals surface area (Å²) in [5, 5.41) is 13.8. The van der Waals surface area contributed by atoms with E-state index in [0.717, 1.165) is 30.3 Å². The highest BCUT2D eigenvalue weighted by Gasteiger charge is 2.35. The fraction of sp³-hybridized carbons (Fsp3) is 0.200. The summed E-state index contributed by atoms with van der Waals surface area (Å²) in [5.41, 5.74) is 0.233. The predicted molar refractivity (Wildman–Crippen MR) is 125 cm³/mol. The third-order valence-corrected chi connectivity index (χ3v) is 5.83. The van der Waals surface area contributed by atoms with Crippen LogP contribution in [0.1, 0.15) is 28.8 Å². The summed E-state index contributed by atoms with van der Waals surface area (Å²) in [6.45, 7) is 0.228. The summed E-state index contributed by atoms with van der Waals surface area (Å²) in [6.07, 6.45) is -2.38. The van der Waals surface area contributed by atoms with Gasteiger partial charge in [0.15, 0.2) is 11.6 Å². The van der Waals surface area contributed by atoms with Crippen molar-refractivity contribution in [3.8, 4) is 11.1 Å². The maximum absolute atomic E-state index is 14.7. The quantitative estimate of drug-likeness (QED) is 0.402. The van der Waals surface area contributed by atoms with E-state index in [0.29, 0.717) is 24.0 Å². The molecule has 0 bridgehead atoms. The second-order valence-corrected chi connectivity index (χ2v) is 8.28. The molecule has 1 aliphatic rings. The van der Waals surface area contributed by atoms with E-state index in [9.17, 15) is 31.9 Å². The molecule has 4 rings (SSSR count). The number of urea groups is 1. The zero-order chi connectivity index (χ0) is 26.7. The molecule has 0 saturated carbocycles. The highest BCUT2D eigenvalue weighted by molar-refractivity contribution is 5.99. The minimum Gasteiger partial charge on any atom is -0.478 e. The van der Waals surface area contributed by atoms with Crippen LogP contribution in [0.2, 0.25) is 0 Å². The summed E-state index contributed by atoms with van der Waals surface area (Å²) < 4.78 is 52.9. The molecule has 1 atom stereocenters. The summed E-state index contributed by atoms with van der Waals surface area (Å²) in [4.78, 5) is 41.7. The average molecular weight is 516 g/mol. The van der Waals surface area contributed by atoms with Crippen LogP contribution >= 0.6 is 0 Å². The number of carboxylic acid groups (broad SMARTS) is 1. The Hall–Kier alpha value is -4.48. The molecular formula is C25H20F4N4O4. The summed E-state index contributed by atoms with van der Waals surface area (Å²) in [5.74, 6) is -2.93. The molecule has 0 aliphatic carbocycles. The van der Waals surface area contributed by atoms with Crippen LogP contribution in [-0.2, 0) is 11.0 Å². The Kier molecular flexibility index (Phi) is 7.09. The van der Waals surface area contributed by atoms with E-state index in [1.807, 2.05) is 0 Å². The van der Waals surface area contributed by atoms with Crippen LogP contribution in [0.15, 0.2) is 60.8 Å². The molecular weight excluding hydrogens is 496 g/mol. The summed E-state index contributed by atoms with van der Waals surface area (Å²) in [7, 11) is 0. The lowest BCUT2D eigenvalue weighted by Crippen LogP contribution is -2.45. The van der Waals surface area contributed by atoms with Gasteiger partial charge in [0.2, 0.25) is 5.91 Å². The molecule has 3 amide bonds. The van der Waals surface area contributed by atoms with E-state index < -0.39 is 41.5 Å². The molecule has 1 aliphatic heterocycles. The molecule has 0 radical (unpaired) electrons. The second kappa shape index (κ2) is 10.2. The molecule has 2 heterocycles. The highest BCUT2D eigenvalue weighted by atomic mass is 19.4. The third-order valence-electron chi connectivity index (χ3n) is 5.83. The Morgan fingerprint density at radius 3 is 2.24 bits per heavy atom. The molecule has 3 N–H and O–H groups in total. The van der Waals surface area contributed by atoms with Gasteiger partial charge in [-0.3, -0.25) is 4.79 Å². The molecule has 8 nitrogen and oxygen atoms in total. The Balaban J connectivity index is 1.41. The number of nitrogens with zero attached hydrogens (tertiary/aromatic N) is 2. The Bertz CT molecular complexity index is 1330.